The van der Waals surface area contributed by atoms with Gasteiger partial charge in [0.15, 0.2) is 0 Å². The zero-order valence-electron chi connectivity index (χ0n) is 8.41. The first-order valence-corrected chi connectivity index (χ1v) is 5.68. The molecule has 0 bridgehead atoms. The number of hydrogen-bond acceptors (Lipinski definition) is 1. The molecule has 4 heteroatoms. The minimum atomic E-state index is -0.508. The Morgan fingerprint density at radius 1 is 1.40 bits per heavy atom. The van der Waals surface area contributed by atoms with Gasteiger partial charge in [-0.05, 0) is 47.8 Å². The maximum absolute atomic E-state index is 13.5. The van der Waals surface area contributed by atoms with E-state index < -0.39 is 11.6 Å². The van der Waals surface area contributed by atoms with Crippen LogP contribution in [0.1, 0.15) is 25.3 Å². The molecule has 0 atom stereocenters. The van der Waals surface area contributed by atoms with Crippen LogP contribution in [-0.4, -0.2) is 5.54 Å². The van der Waals surface area contributed by atoms with E-state index in [2.05, 4.69) is 28.2 Å². The van der Waals surface area contributed by atoms with Gasteiger partial charge >= 0.3 is 0 Å². The fourth-order valence-electron chi connectivity index (χ4n) is 1.40. The Bertz CT molecular complexity index is 388. The minimum absolute atomic E-state index is 0.0845. The van der Waals surface area contributed by atoms with Crippen LogP contribution >= 0.6 is 15.9 Å². The molecule has 0 spiro atoms. The van der Waals surface area contributed by atoms with Crippen molar-refractivity contribution in [2.75, 3.05) is 0 Å². The SMILES string of the molecule is CC1(NCc2c(F)ccc(Br)c2F)CC1. The lowest BCUT2D eigenvalue weighted by Gasteiger charge is -2.12. The number of benzene rings is 1. The number of halogens is 3. The van der Waals surface area contributed by atoms with Crippen LogP contribution in [0.5, 0.6) is 0 Å². The number of rotatable bonds is 3. The average Bonchev–Trinajstić information content (AvgIpc) is 2.91. The highest BCUT2D eigenvalue weighted by molar-refractivity contribution is 9.10. The summed E-state index contributed by atoms with van der Waals surface area (Å²) in [4.78, 5) is 0. The third-order valence-electron chi connectivity index (χ3n) is 2.83. The molecule has 0 unspecified atom stereocenters. The summed E-state index contributed by atoms with van der Waals surface area (Å²) in [6.45, 7) is 2.30. The molecule has 2 rings (SSSR count). The molecule has 1 nitrogen and oxygen atoms in total. The molecule has 0 radical (unpaired) electrons. The molecule has 1 aromatic rings. The van der Waals surface area contributed by atoms with Crippen LogP contribution in [0.15, 0.2) is 16.6 Å². The van der Waals surface area contributed by atoms with Gasteiger partial charge in [0, 0.05) is 17.6 Å². The molecule has 1 aliphatic rings. The van der Waals surface area contributed by atoms with Gasteiger partial charge in [0.2, 0.25) is 0 Å². The smallest absolute Gasteiger partial charge is 0.144 e. The van der Waals surface area contributed by atoms with E-state index in [0.29, 0.717) is 4.47 Å². The van der Waals surface area contributed by atoms with E-state index in [9.17, 15) is 8.78 Å². The molecule has 1 fully saturated rings. The van der Waals surface area contributed by atoms with Crippen molar-refractivity contribution in [2.45, 2.75) is 31.8 Å². The van der Waals surface area contributed by atoms with E-state index in [1.54, 1.807) is 0 Å². The molecule has 0 amide bonds. The van der Waals surface area contributed by atoms with Crippen molar-refractivity contribution in [3.05, 3.63) is 33.8 Å². The number of hydrogen-bond donors (Lipinski definition) is 1. The first-order valence-electron chi connectivity index (χ1n) is 4.89. The van der Waals surface area contributed by atoms with Gasteiger partial charge in [0.25, 0.3) is 0 Å². The fraction of sp³-hybridized carbons (Fsp3) is 0.455. The Morgan fingerprint density at radius 3 is 2.67 bits per heavy atom. The summed E-state index contributed by atoms with van der Waals surface area (Å²) < 4.78 is 27.2. The van der Waals surface area contributed by atoms with Crippen molar-refractivity contribution < 1.29 is 8.78 Å². The summed E-state index contributed by atoms with van der Waals surface area (Å²) >= 11 is 3.05. The molecular formula is C11H12BrF2N. The average molecular weight is 276 g/mol. The van der Waals surface area contributed by atoms with Gasteiger partial charge in [-0.15, -0.1) is 0 Å². The Balaban J connectivity index is 2.16. The second kappa shape index (κ2) is 3.83. The van der Waals surface area contributed by atoms with Gasteiger partial charge in [-0.1, -0.05) is 0 Å². The Kier molecular flexibility index (Phi) is 2.81. The molecule has 1 aliphatic carbocycles. The molecule has 82 valence electrons. The van der Waals surface area contributed by atoms with Crippen molar-refractivity contribution in [1.82, 2.24) is 5.32 Å². The molecule has 1 aromatic carbocycles. The van der Waals surface area contributed by atoms with Gasteiger partial charge in [-0.3, -0.25) is 0 Å². The highest BCUT2D eigenvalue weighted by atomic mass is 79.9. The summed E-state index contributed by atoms with van der Waals surface area (Å²) in [6, 6.07) is 2.66. The van der Waals surface area contributed by atoms with Gasteiger partial charge in [-0.25, -0.2) is 8.78 Å². The first-order chi connectivity index (χ1) is 7.02. The second-order valence-corrected chi connectivity index (χ2v) is 5.09. The topological polar surface area (TPSA) is 12.0 Å². The molecule has 0 saturated heterocycles. The van der Waals surface area contributed by atoms with Crippen LogP contribution in [-0.2, 0) is 6.54 Å². The Morgan fingerprint density at radius 2 is 2.07 bits per heavy atom. The largest absolute Gasteiger partial charge is 0.307 e. The monoisotopic (exact) mass is 275 g/mol. The van der Waals surface area contributed by atoms with Crippen LogP contribution in [0.2, 0.25) is 0 Å². The van der Waals surface area contributed by atoms with Crippen LogP contribution in [0.3, 0.4) is 0 Å². The van der Waals surface area contributed by atoms with E-state index in [0.717, 1.165) is 12.8 Å². The molecule has 0 aromatic heterocycles. The minimum Gasteiger partial charge on any atom is -0.307 e. The predicted molar refractivity (Wildman–Crippen MR) is 58.5 cm³/mol. The summed E-state index contributed by atoms with van der Waals surface area (Å²) in [5.41, 5.74) is 0.193. The highest BCUT2D eigenvalue weighted by Gasteiger charge is 2.36. The maximum atomic E-state index is 13.5. The quantitative estimate of drug-likeness (QED) is 0.835. The van der Waals surface area contributed by atoms with Crippen molar-refractivity contribution in [1.29, 1.82) is 0 Å². The zero-order valence-corrected chi connectivity index (χ0v) is 10.00. The van der Waals surface area contributed by atoms with Crippen molar-refractivity contribution in [3.63, 3.8) is 0 Å². The summed E-state index contributed by atoms with van der Waals surface area (Å²) in [7, 11) is 0. The van der Waals surface area contributed by atoms with E-state index in [4.69, 9.17) is 0 Å². The van der Waals surface area contributed by atoms with Crippen molar-refractivity contribution >= 4 is 15.9 Å². The Labute approximate surface area is 96.0 Å². The van der Waals surface area contributed by atoms with Crippen LogP contribution in [0, 0.1) is 11.6 Å². The van der Waals surface area contributed by atoms with Gasteiger partial charge in [0.05, 0.1) is 4.47 Å². The molecule has 0 heterocycles. The molecule has 1 N–H and O–H groups in total. The van der Waals surface area contributed by atoms with Gasteiger partial charge in [0.1, 0.15) is 11.6 Å². The highest BCUT2D eigenvalue weighted by Crippen LogP contribution is 2.35. The van der Waals surface area contributed by atoms with Crippen LogP contribution < -0.4 is 5.32 Å². The molecule has 15 heavy (non-hydrogen) atoms. The van der Waals surface area contributed by atoms with Gasteiger partial charge in [-0.2, -0.15) is 0 Å². The van der Waals surface area contributed by atoms with Crippen LogP contribution in [0.25, 0.3) is 0 Å². The van der Waals surface area contributed by atoms with E-state index in [-0.39, 0.29) is 17.6 Å². The lowest BCUT2D eigenvalue weighted by atomic mass is 10.2. The van der Waals surface area contributed by atoms with E-state index >= 15 is 0 Å². The van der Waals surface area contributed by atoms with Crippen molar-refractivity contribution in [2.24, 2.45) is 0 Å². The summed E-state index contributed by atoms with van der Waals surface area (Å²) in [5, 5.41) is 3.16. The lowest BCUT2D eigenvalue weighted by Crippen LogP contribution is -2.28. The lowest BCUT2D eigenvalue weighted by molar-refractivity contribution is 0.490. The molecule has 1 saturated carbocycles. The standard InChI is InChI=1S/C11H12BrF2N/c1-11(4-5-11)15-6-7-9(13)3-2-8(12)10(7)14/h2-3,15H,4-6H2,1H3. The second-order valence-electron chi connectivity index (χ2n) is 4.24. The first kappa shape index (κ1) is 11.0. The van der Waals surface area contributed by atoms with E-state index in [1.165, 1.54) is 12.1 Å². The molecule has 0 aliphatic heterocycles. The Hall–Kier alpha value is -0.480. The van der Waals surface area contributed by atoms with Gasteiger partial charge < -0.3 is 5.32 Å². The fourth-order valence-corrected chi connectivity index (χ4v) is 1.77. The summed E-state index contributed by atoms with van der Waals surface area (Å²) in [5.74, 6) is -1.00. The normalized spacial score (nSPS) is 17.9. The third-order valence-corrected chi connectivity index (χ3v) is 3.44. The maximum Gasteiger partial charge on any atom is 0.144 e. The predicted octanol–water partition coefficient (Wildman–Crippen LogP) is 3.37. The van der Waals surface area contributed by atoms with Crippen molar-refractivity contribution in [3.8, 4) is 0 Å². The number of nitrogens with one attached hydrogen (secondary N) is 1. The van der Waals surface area contributed by atoms with E-state index in [1.807, 2.05) is 0 Å². The third kappa shape index (κ3) is 2.37. The molecular weight excluding hydrogens is 264 g/mol. The summed E-state index contributed by atoms with van der Waals surface area (Å²) in [6.07, 6.45) is 2.15. The van der Waals surface area contributed by atoms with Crippen LogP contribution in [0.4, 0.5) is 8.78 Å². The zero-order chi connectivity index (χ0) is 11.1.